The molecule has 31 heavy (non-hydrogen) atoms. The van der Waals surface area contributed by atoms with Crippen LogP contribution in [0.5, 0.6) is 0 Å². The molecule has 0 aliphatic carbocycles. The highest BCUT2D eigenvalue weighted by Gasteiger charge is 2.13. The maximum absolute atomic E-state index is 12.3. The third-order valence-corrected chi connectivity index (χ3v) is 4.39. The third kappa shape index (κ3) is 5.58. The number of hydrogen-bond acceptors (Lipinski definition) is 8. The molecule has 0 bridgehead atoms. The van der Waals surface area contributed by atoms with Gasteiger partial charge in [0.2, 0.25) is 5.95 Å². The fourth-order valence-corrected chi connectivity index (χ4v) is 2.50. The van der Waals surface area contributed by atoms with Gasteiger partial charge < -0.3 is 16.0 Å². The average Bonchev–Trinajstić information content (AvgIpc) is 3.31. The maximum atomic E-state index is 12.3. The van der Waals surface area contributed by atoms with Gasteiger partial charge in [0.1, 0.15) is 0 Å². The Balaban J connectivity index is 1.93. The van der Waals surface area contributed by atoms with Gasteiger partial charge in [0.25, 0.3) is 5.91 Å². The van der Waals surface area contributed by atoms with Crippen LogP contribution in [0.15, 0.2) is 48.0 Å². The number of carbonyl (C=O) groups is 1. The van der Waals surface area contributed by atoms with Gasteiger partial charge in [0.05, 0.1) is 42.9 Å². The molecule has 0 aliphatic rings. The Morgan fingerprint density at radius 2 is 2.13 bits per heavy atom. The summed E-state index contributed by atoms with van der Waals surface area (Å²) < 4.78 is 0. The normalized spacial score (nSPS) is 10.8. The van der Waals surface area contributed by atoms with Crippen LogP contribution < -0.4 is 11.1 Å². The Hall–Kier alpha value is -3.90. The zero-order valence-corrected chi connectivity index (χ0v) is 17.9. The van der Waals surface area contributed by atoms with Crippen LogP contribution >= 0.6 is 12.2 Å². The SMILES string of the molecule is CON(C)C(=O)c1cccc(Nc2nc(/C=N/N(C)C(N)=S)cc(-c3cnc[nH]3)n2)c1. The molecule has 4 N–H and O–H groups in total. The summed E-state index contributed by atoms with van der Waals surface area (Å²) in [7, 11) is 4.59. The number of thiocarbonyl (C=S) groups is 1. The van der Waals surface area contributed by atoms with Crippen molar-refractivity contribution in [1.82, 2.24) is 30.0 Å². The monoisotopic (exact) mass is 439 g/mol. The Kier molecular flexibility index (Phi) is 6.85. The van der Waals surface area contributed by atoms with E-state index < -0.39 is 0 Å². The molecule has 3 rings (SSSR count). The highest BCUT2D eigenvalue weighted by atomic mass is 32.1. The van der Waals surface area contributed by atoms with E-state index in [1.54, 1.807) is 49.9 Å². The number of hydrazone groups is 1. The van der Waals surface area contributed by atoms with E-state index in [2.05, 4.69) is 30.4 Å². The fraction of sp³-hybridized carbons (Fsp3) is 0.158. The largest absolute Gasteiger partial charge is 0.375 e. The number of carbonyl (C=O) groups excluding carboxylic acids is 1. The summed E-state index contributed by atoms with van der Waals surface area (Å²) in [6.07, 6.45) is 4.72. The van der Waals surface area contributed by atoms with Gasteiger partial charge in [0.15, 0.2) is 5.11 Å². The maximum Gasteiger partial charge on any atom is 0.277 e. The smallest absolute Gasteiger partial charge is 0.277 e. The van der Waals surface area contributed by atoms with Crippen molar-refractivity contribution < 1.29 is 9.63 Å². The van der Waals surface area contributed by atoms with E-state index in [1.807, 2.05) is 0 Å². The summed E-state index contributed by atoms with van der Waals surface area (Å²) in [6.45, 7) is 0. The first-order valence-corrected chi connectivity index (χ1v) is 9.42. The Morgan fingerprint density at radius 3 is 2.81 bits per heavy atom. The molecule has 1 amide bonds. The number of hydroxylamine groups is 2. The second-order valence-electron chi connectivity index (χ2n) is 6.26. The van der Waals surface area contributed by atoms with Gasteiger partial charge in [-0.25, -0.2) is 25.0 Å². The van der Waals surface area contributed by atoms with Crippen LogP contribution in [0.25, 0.3) is 11.4 Å². The van der Waals surface area contributed by atoms with Crippen molar-refractivity contribution in [1.29, 1.82) is 0 Å². The number of hydrogen-bond donors (Lipinski definition) is 3. The molecule has 160 valence electrons. The Morgan fingerprint density at radius 1 is 1.32 bits per heavy atom. The van der Waals surface area contributed by atoms with Crippen LogP contribution in [0.2, 0.25) is 0 Å². The predicted molar refractivity (Wildman–Crippen MR) is 121 cm³/mol. The second-order valence-corrected chi connectivity index (χ2v) is 6.68. The molecule has 0 radical (unpaired) electrons. The lowest BCUT2D eigenvalue weighted by Gasteiger charge is -2.14. The van der Waals surface area contributed by atoms with Gasteiger partial charge in [-0.1, -0.05) is 6.07 Å². The first-order chi connectivity index (χ1) is 14.9. The van der Waals surface area contributed by atoms with Gasteiger partial charge >= 0.3 is 0 Å². The number of rotatable bonds is 7. The van der Waals surface area contributed by atoms with Crippen molar-refractivity contribution in [2.75, 3.05) is 26.5 Å². The van der Waals surface area contributed by atoms with Crippen LogP contribution in [0.1, 0.15) is 16.1 Å². The molecule has 3 aromatic rings. The van der Waals surface area contributed by atoms with E-state index in [0.29, 0.717) is 34.3 Å². The summed E-state index contributed by atoms with van der Waals surface area (Å²) in [5.41, 5.74) is 8.43. The molecule has 0 unspecified atom stereocenters. The molecule has 0 aliphatic heterocycles. The highest BCUT2D eigenvalue weighted by molar-refractivity contribution is 7.80. The number of nitrogens with two attached hydrogens (primary N) is 1. The van der Waals surface area contributed by atoms with Crippen LogP contribution in [-0.4, -0.2) is 68.4 Å². The highest BCUT2D eigenvalue weighted by Crippen LogP contribution is 2.20. The number of imidazole rings is 1. The summed E-state index contributed by atoms with van der Waals surface area (Å²) in [6, 6.07) is 8.65. The zero-order valence-electron chi connectivity index (χ0n) is 17.1. The molecule has 0 fully saturated rings. The zero-order chi connectivity index (χ0) is 22.4. The summed E-state index contributed by atoms with van der Waals surface area (Å²) in [4.78, 5) is 33.3. The lowest BCUT2D eigenvalue weighted by atomic mass is 10.2. The van der Waals surface area contributed by atoms with E-state index >= 15 is 0 Å². The summed E-state index contributed by atoms with van der Waals surface area (Å²) in [5.74, 6) is 0.0168. The van der Waals surface area contributed by atoms with Crippen molar-refractivity contribution in [3.63, 3.8) is 0 Å². The van der Waals surface area contributed by atoms with Crippen molar-refractivity contribution in [3.8, 4) is 11.4 Å². The number of aromatic nitrogens is 4. The van der Waals surface area contributed by atoms with E-state index in [-0.39, 0.29) is 11.0 Å². The molecular formula is C19H21N9O2S. The number of anilines is 2. The van der Waals surface area contributed by atoms with Gasteiger partial charge in [0, 0.05) is 25.3 Å². The van der Waals surface area contributed by atoms with Crippen LogP contribution in [-0.2, 0) is 4.84 Å². The summed E-state index contributed by atoms with van der Waals surface area (Å²) >= 11 is 4.89. The standard InChI is InChI=1S/C19H21N9O2S/c1-27(18(20)31)23-9-14-8-15(16-10-21-11-22-16)26-19(25-14)24-13-6-4-5-12(7-13)17(29)28(2)30-3/h4-11H,1-3H3,(H2,20,31)(H,21,22)(H,24,25,26)/b23-9+. The van der Waals surface area contributed by atoms with Gasteiger partial charge in [-0.15, -0.1) is 0 Å². The van der Waals surface area contributed by atoms with Gasteiger partial charge in [-0.05, 0) is 36.5 Å². The van der Waals surface area contributed by atoms with Crippen molar-refractivity contribution in [3.05, 3.63) is 54.1 Å². The van der Waals surface area contributed by atoms with E-state index in [0.717, 1.165) is 5.06 Å². The predicted octanol–water partition coefficient (Wildman–Crippen LogP) is 1.75. The second kappa shape index (κ2) is 9.73. The molecule has 0 saturated heterocycles. The van der Waals surface area contributed by atoms with Crippen molar-refractivity contribution in [2.45, 2.75) is 0 Å². The van der Waals surface area contributed by atoms with Crippen molar-refractivity contribution in [2.24, 2.45) is 10.8 Å². The van der Waals surface area contributed by atoms with Crippen molar-refractivity contribution >= 4 is 41.1 Å². The lowest BCUT2D eigenvalue weighted by molar-refractivity contribution is -0.0756. The third-order valence-electron chi connectivity index (χ3n) is 4.13. The van der Waals surface area contributed by atoms with E-state index in [9.17, 15) is 4.79 Å². The van der Waals surface area contributed by atoms with Gasteiger partial charge in [-0.2, -0.15) is 5.10 Å². The Bertz CT molecular complexity index is 1100. The molecule has 12 heteroatoms. The Labute approximate surface area is 183 Å². The van der Waals surface area contributed by atoms with Gasteiger partial charge in [-0.3, -0.25) is 9.63 Å². The average molecular weight is 440 g/mol. The molecule has 11 nitrogen and oxygen atoms in total. The van der Waals surface area contributed by atoms with Crippen LogP contribution in [0.3, 0.4) is 0 Å². The number of nitrogens with one attached hydrogen (secondary N) is 2. The fourth-order valence-electron chi connectivity index (χ4n) is 2.45. The molecule has 1 aromatic carbocycles. The minimum Gasteiger partial charge on any atom is -0.375 e. The summed E-state index contributed by atoms with van der Waals surface area (Å²) in [5, 5.41) is 9.89. The lowest BCUT2D eigenvalue weighted by Crippen LogP contribution is -2.27. The first-order valence-electron chi connectivity index (χ1n) is 9.01. The minimum absolute atomic E-state index is 0.125. The molecule has 2 heterocycles. The number of amides is 1. The quantitative estimate of drug-likeness (QED) is 0.285. The molecule has 0 saturated carbocycles. The molecular weight excluding hydrogens is 418 g/mol. The number of nitrogens with zero attached hydrogens (tertiary/aromatic N) is 6. The van der Waals surface area contributed by atoms with Crippen LogP contribution in [0.4, 0.5) is 11.6 Å². The van der Waals surface area contributed by atoms with E-state index in [1.165, 1.54) is 25.4 Å². The molecule has 2 aromatic heterocycles. The number of H-pyrrole nitrogens is 1. The minimum atomic E-state index is -0.285. The topological polar surface area (TPSA) is 138 Å². The molecule has 0 atom stereocenters. The molecule has 0 spiro atoms. The van der Waals surface area contributed by atoms with Crippen LogP contribution in [0, 0.1) is 0 Å². The van der Waals surface area contributed by atoms with E-state index in [4.69, 9.17) is 22.8 Å². The number of aromatic amines is 1. The first kappa shape index (κ1) is 21.8. The number of benzene rings is 1.